The van der Waals surface area contributed by atoms with Crippen molar-refractivity contribution in [1.29, 1.82) is 0 Å². The lowest BCUT2D eigenvalue weighted by molar-refractivity contribution is 0.244. The highest BCUT2D eigenvalue weighted by atomic mass is 14.3. The quantitative estimate of drug-likeness (QED) is 0.425. The maximum atomic E-state index is 3.94. The molecule has 0 aromatic heterocycles. The monoisotopic (exact) mass is 258 g/mol. The van der Waals surface area contributed by atoms with Gasteiger partial charge in [-0.3, -0.25) is 0 Å². The summed E-state index contributed by atoms with van der Waals surface area (Å²) in [7, 11) is 0. The SMILES string of the molecule is C=CCC(C)C(CC=C)C(CC=C)CC=C1CC1C. The third kappa shape index (κ3) is 5.22. The largest absolute Gasteiger partial charge is 0.103 e. The molecule has 0 aromatic carbocycles. The maximum absolute atomic E-state index is 3.94. The summed E-state index contributed by atoms with van der Waals surface area (Å²) in [5.41, 5.74) is 1.66. The third-order valence-corrected chi connectivity index (χ3v) is 4.48. The molecule has 1 aliphatic rings. The molecular weight excluding hydrogens is 228 g/mol. The number of hydrogen-bond donors (Lipinski definition) is 0. The summed E-state index contributed by atoms with van der Waals surface area (Å²) in [5, 5.41) is 0. The molecular formula is C19H30. The Labute approximate surface area is 120 Å². The first-order valence-electron chi connectivity index (χ1n) is 7.65. The third-order valence-electron chi connectivity index (χ3n) is 4.48. The molecule has 19 heavy (non-hydrogen) atoms. The summed E-state index contributed by atoms with van der Waals surface area (Å²) in [4.78, 5) is 0. The van der Waals surface area contributed by atoms with E-state index >= 15 is 0 Å². The van der Waals surface area contributed by atoms with Gasteiger partial charge in [-0.2, -0.15) is 0 Å². The molecule has 0 heteroatoms. The number of hydrogen-bond acceptors (Lipinski definition) is 0. The van der Waals surface area contributed by atoms with Crippen LogP contribution in [0.1, 0.15) is 46.0 Å². The molecule has 1 aliphatic carbocycles. The Hall–Kier alpha value is -1.04. The maximum Gasteiger partial charge on any atom is -0.0194 e. The fourth-order valence-corrected chi connectivity index (χ4v) is 3.06. The smallest absolute Gasteiger partial charge is 0.0194 e. The minimum atomic E-state index is 0.676. The molecule has 0 radical (unpaired) electrons. The van der Waals surface area contributed by atoms with Gasteiger partial charge in [0, 0.05) is 0 Å². The molecule has 0 N–H and O–H groups in total. The van der Waals surface area contributed by atoms with Crippen LogP contribution in [0.3, 0.4) is 0 Å². The number of allylic oxidation sites excluding steroid dienone is 5. The average molecular weight is 258 g/mol. The van der Waals surface area contributed by atoms with Crippen molar-refractivity contribution in [2.24, 2.45) is 23.7 Å². The van der Waals surface area contributed by atoms with E-state index in [2.05, 4.69) is 51.8 Å². The molecule has 0 nitrogen and oxygen atoms in total. The highest BCUT2D eigenvalue weighted by Crippen LogP contribution is 2.39. The van der Waals surface area contributed by atoms with Gasteiger partial charge in [-0.05, 0) is 55.8 Å². The molecule has 4 atom stereocenters. The molecule has 106 valence electrons. The van der Waals surface area contributed by atoms with E-state index in [4.69, 9.17) is 0 Å². The van der Waals surface area contributed by atoms with Crippen LogP contribution in [0.2, 0.25) is 0 Å². The molecule has 0 heterocycles. The Bertz CT molecular complexity index is 334. The van der Waals surface area contributed by atoms with Crippen molar-refractivity contribution in [3.63, 3.8) is 0 Å². The highest BCUT2D eigenvalue weighted by molar-refractivity contribution is 5.21. The standard InChI is InChI=1S/C19H30/c1-6-9-15(4)19(11-8-3)17(10-7-2)12-13-18-14-16(18)5/h6-8,13,15-17,19H,1-3,9-12,14H2,4-5H3. The van der Waals surface area contributed by atoms with Gasteiger partial charge in [0.25, 0.3) is 0 Å². The van der Waals surface area contributed by atoms with Gasteiger partial charge in [0.1, 0.15) is 0 Å². The Morgan fingerprint density at radius 1 is 1.05 bits per heavy atom. The van der Waals surface area contributed by atoms with Gasteiger partial charge in [0.05, 0.1) is 0 Å². The lowest BCUT2D eigenvalue weighted by Crippen LogP contribution is -2.21. The fraction of sp³-hybridized carbons (Fsp3) is 0.579. The van der Waals surface area contributed by atoms with Gasteiger partial charge in [-0.25, -0.2) is 0 Å². The predicted octanol–water partition coefficient (Wildman–Crippen LogP) is 5.94. The molecule has 1 rings (SSSR count). The summed E-state index contributed by atoms with van der Waals surface area (Å²) in [6.07, 6.45) is 14.5. The van der Waals surface area contributed by atoms with Crippen LogP contribution in [0.15, 0.2) is 49.6 Å². The van der Waals surface area contributed by atoms with Crippen LogP contribution in [-0.2, 0) is 0 Å². The van der Waals surface area contributed by atoms with Crippen LogP contribution in [-0.4, -0.2) is 0 Å². The van der Waals surface area contributed by atoms with Crippen molar-refractivity contribution in [1.82, 2.24) is 0 Å². The van der Waals surface area contributed by atoms with Crippen LogP contribution in [0.25, 0.3) is 0 Å². The molecule has 0 aromatic rings. The zero-order chi connectivity index (χ0) is 14.3. The Morgan fingerprint density at radius 2 is 1.63 bits per heavy atom. The molecule has 4 unspecified atom stereocenters. The summed E-state index contributed by atoms with van der Waals surface area (Å²) in [5.74, 6) is 2.91. The van der Waals surface area contributed by atoms with Crippen molar-refractivity contribution in [2.45, 2.75) is 46.0 Å². The Morgan fingerprint density at radius 3 is 2.11 bits per heavy atom. The summed E-state index contributed by atoms with van der Waals surface area (Å²) in [6, 6.07) is 0. The van der Waals surface area contributed by atoms with Crippen LogP contribution >= 0.6 is 0 Å². The Balaban J connectivity index is 2.69. The van der Waals surface area contributed by atoms with Crippen molar-refractivity contribution in [3.05, 3.63) is 49.6 Å². The van der Waals surface area contributed by atoms with Gasteiger partial charge in [-0.15, -0.1) is 19.7 Å². The van der Waals surface area contributed by atoms with Gasteiger partial charge in [0.15, 0.2) is 0 Å². The van der Waals surface area contributed by atoms with Crippen molar-refractivity contribution in [2.75, 3.05) is 0 Å². The fourth-order valence-electron chi connectivity index (χ4n) is 3.06. The molecule has 1 saturated carbocycles. The molecule has 1 fully saturated rings. The van der Waals surface area contributed by atoms with Gasteiger partial charge < -0.3 is 0 Å². The first-order chi connectivity index (χ1) is 9.13. The normalized spacial score (nSPS) is 24.5. The van der Waals surface area contributed by atoms with Crippen molar-refractivity contribution in [3.8, 4) is 0 Å². The minimum absolute atomic E-state index is 0.676. The molecule has 0 spiro atoms. The zero-order valence-corrected chi connectivity index (χ0v) is 12.8. The van der Waals surface area contributed by atoms with E-state index in [1.165, 1.54) is 12.8 Å². The summed E-state index contributed by atoms with van der Waals surface area (Å²) >= 11 is 0. The van der Waals surface area contributed by atoms with E-state index in [0.29, 0.717) is 17.8 Å². The first kappa shape index (κ1) is 16.0. The van der Waals surface area contributed by atoms with Crippen molar-refractivity contribution >= 4 is 0 Å². The lowest BCUT2D eigenvalue weighted by atomic mass is 9.75. The predicted molar refractivity (Wildman–Crippen MR) is 87.1 cm³/mol. The lowest BCUT2D eigenvalue weighted by Gasteiger charge is -2.30. The first-order valence-corrected chi connectivity index (χ1v) is 7.65. The van der Waals surface area contributed by atoms with Crippen LogP contribution in [0.4, 0.5) is 0 Å². The van der Waals surface area contributed by atoms with E-state index < -0.39 is 0 Å². The van der Waals surface area contributed by atoms with Crippen LogP contribution < -0.4 is 0 Å². The zero-order valence-electron chi connectivity index (χ0n) is 12.8. The molecule has 0 amide bonds. The second-order valence-electron chi connectivity index (χ2n) is 6.09. The van der Waals surface area contributed by atoms with Crippen LogP contribution in [0, 0.1) is 23.7 Å². The van der Waals surface area contributed by atoms with E-state index in [1.807, 2.05) is 6.08 Å². The average Bonchev–Trinajstić information content (AvgIpc) is 3.08. The van der Waals surface area contributed by atoms with Gasteiger partial charge in [-0.1, -0.05) is 43.7 Å². The number of rotatable bonds is 10. The second kappa shape index (κ2) is 8.19. The van der Waals surface area contributed by atoms with E-state index in [-0.39, 0.29) is 0 Å². The summed E-state index contributed by atoms with van der Waals surface area (Å²) < 4.78 is 0. The molecule has 0 bridgehead atoms. The van der Waals surface area contributed by atoms with E-state index in [0.717, 1.165) is 25.2 Å². The Kier molecular flexibility index (Phi) is 6.91. The van der Waals surface area contributed by atoms with E-state index in [1.54, 1.807) is 5.57 Å². The van der Waals surface area contributed by atoms with Crippen molar-refractivity contribution < 1.29 is 0 Å². The van der Waals surface area contributed by atoms with Gasteiger partial charge >= 0.3 is 0 Å². The second-order valence-corrected chi connectivity index (χ2v) is 6.09. The minimum Gasteiger partial charge on any atom is -0.103 e. The topological polar surface area (TPSA) is 0 Å². The molecule has 0 saturated heterocycles. The molecule has 0 aliphatic heterocycles. The highest BCUT2D eigenvalue weighted by Gasteiger charge is 2.27. The van der Waals surface area contributed by atoms with E-state index in [9.17, 15) is 0 Å². The van der Waals surface area contributed by atoms with Crippen LogP contribution in [0.5, 0.6) is 0 Å². The summed E-state index contributed by atoms with van der Waals surface area (Å²) in [6.45, 7) is 16.4. The van der Waals surface area contributed by atoms with Gasteiger partial charge in [0.2, 0.25) is 0 Å².